The maximum Gasteiger partial charge on any atom is 0.316 e. The molecule has 0 aliphatic rings. The molecule has 0 fully saturated rings. The zero-order valence-electron chi connectivity index (χ0n) is 14.5. The van der Waals surface area contributed by atoms with Crippen molar-refractivity contribution >= 4 is 17.6 Å². The highest BCUT2D eigenvalue weighted by Crippen LogP contribution is 2.17. The van der Waals surface area contributed by atoms with Gasteiger partial charge in [-0.1, -0.05) is 18.2 Å². The third-order valence-electron chi connectivity index (χ3n) is 3.68. The molecule has 27 heavy (non-hydrogen) atoms. The number of nitrogens with zero attached hydrogens (tertiary/aromatic N) is 3. The number of hydrogen-bond donors (Lipinski definition) is 3. The van der Waals surface area contributed by atoms with E-state index in [0.29, 0.717) is 5.82 Å². The van der Waals surface area contributed by atoms with E-state index in [1.807, 2.05) is 12.1 Å². The molecule has 1 aromatic carbocycles. The topological polar surface area (TPSA) is 124 Å². The van der Waals surface area contributed by atoms with E-state index in [4.69, 9.17) is 10.5 Å². The summed E-state index contributed by atoms with van der Waals surface area (Å²) in [5.74, 6) is 0.774. The van der Waals surface area contributed by atoms with Gasteiger partial charge in [0.25, 0.3) is 5.91 Å². The molecule has 0 atom stereocenters. The van der Waals surface area contributed by atoms with Crippen LogP contribution in [0.15, 0.2) is 54.9 Å². The third-order valence-corrected chi connectivity index (χ3v) is 3.68. The van der Waals surface area contributed by atoms with E-state index in [1.54, 1.807) is 43.6 Å². The summed E-state index contributed by atoms with van der Waals surface area (Å²) >= 11 is 0. The highest BCUT2D eigenvalue weighted by molar-refractivity contribution is 6.01. The fourth-order valence-electron chi connectivity index (χ4n) is 2.38. The molecular formula is C18H20N6O3. The molecule has 0 aliphatic heterocycles. The number of nitrogens with one attached hydrogen (secondary N) is 2. The Hall–Kier alpha value is -3.88. The number of nitrogens with two attached hydrogens (primary N) is 1. The minimum atomic E-state index is -0.792. The molecule has 0 bridgehead atoms. The van der Waals surface area contributed by atoms with Crippen LogP contribution in [0.3, 0.4) is 0 Å². The number of hydrogen-bond acceptors (Lipinski definition) is 5. The highest BCUT2D eigenvalue weighted by Gasteiger charge is 2.19. The molecular weight excluding hydrogens is 348 g/mol. The van der Waals surface area contributed by atoms with E-state index in [-0.39, 0.29) is 19.4 Å². The SMILES string of the molecule is COc1ccc(CNC(=O)c2nn(-c3ccccn3)cc2NC(N)=O)cc1.[HH]. The Morgan fingerprint density at radius 1 is 1.22 bits per heavy atom. The predicted octanol–water partition coefficient (Wildman–Crippen LogP) is 1.94. The van der Waals surface area contributed by atoms with Gasteiger partial charge in [-0.2, -0.15) is 5.10 Å². The quantitative estimate of drug-likeness (QED) is 0.613. The first-order chi connectivity index (χ1) is 13.1. The number of rotatable bonds is 6. The van der Waals surface area contributed by atoms with Crippen molar-refractivity contribution in [3.63, 3.8) is 0 Å². The molecule has 0 saturated carbocycles. The van der Waals surface area contributed by atoms with Crippen LogP contribution < -0.4 is 21.1 Å². The second-order valence-corrected chi connectivity index (χ2v) is 5.54. The summed E-state index contributed by atoms with van der Waals surface area (Å²) in [5.41, 5.74) is 6.30. The van der Waals surface area contributed by atoms with Crippen LogP contribution in [-0.2, 0) is 6.54 Å². The maximum atomic E-state index is 12.6. The summed E-state index contributed by atoms with van der Waals surface area (Å²) in [5, 5.41) is 9.40. The predicted molar refractivity (Wildman–Crippen MR) is 101 cm³/mol. The lowest BCUT2D eigenvalue weighted by molar-refractivity contribution is 0.0946. The summed E-state index contributed by atoms with van der Waals surface area (Å²) in [4.78, 5) is 28.0. The van der Waals surface area contributed by atoms with Crippen LogP contribution in [0.25, 0.3) is 5.82 Å². The van der Waals surface area contributed by atoms with Crippen LogP contribution in [0, 0.1) is 0 Å². The monoisotopic (exact) mass is 368 g/mol. The van der Waals surface area contributed by atoms with E-state index in [0.717, 1.165) is 11.3 Å². The number of anilines is 1. The Balaban J connectivity index is 0.00000280. The lowest BCUT2D eigenvalue weighted by Crippen LogP contribution is -2.26. The summed E-state index contributed by atoms with van der Waals surface area (Å²) in [6.45, 7) is 0.287. The molecule has 9 nitrogen and oxygen atoms in total. The Kier molecular flexibility index (Phi) is 5.31. The number of aromatic nitrogens is 3. The number of pyridine rings is 1. The molecule has 3 amide bonds. The number of primary amides is 1. The smallest absolute Gasteiger partial charge is 0.316 e. The molecule has 2 heterocycles. The molecule has 0 spiro atoms. The van der Waals surface area contributed by atoms with E-state index >= 15 is 0 Å². The van der Waals surface area contributed by atoms with Gasteiger partial charge >= 0.3 is 6.03 Å². The van der Waals surface area contributed by atoms with Crippen molar-refractivity contribution in [2.75, 3.05) is 12.4 Å². The largest absolute Gasteiger partial charge is 0.497 e. The summed E-state index contributed by atoms with van der Waals surface area (Å²) in [6.07, 6.45) is 3.08. The van der Waals surface area contributed by atoms with Gasteiger partial charge in [0.15, 0.2) is 11.5 Å². The highest BCUT2D eigenvalue weighted by atomic mass is 16.5. The molecule has 3 aromatic rings. The van der Waals surface area contributed by atoms with Crippen molar-refractivity contribution in [2.24, 2.45) is 5.73 Å². The number of methoxy groups -OCH3 is 1. The van der Waals surface area contributed by atoms with Crippen molar-refractivity contribution in [1.82, 2.24) is 20.1 Å². The molecule has 0 unspecified atom stereocenters. The molecule has 0 aliphatic carbocycles. The fraction of sp³-hybridized carbons (Fsp3) is 0.111. The molecule has 2 aromatic heterocycles. The van der Waals surface area contributed by atoms with E-state index in [1.165, 1.54) is 10.9 Å². The molecule has 9 heteroatoms. The normalized spacial score (nSPS) is 10.3. The number of ether oxygens (including phenoxy) is 1. The van der Waals surface area contributed by atoms with Gasteiger partial charge in [0.05, 0.1) is 19.0 Å². The Morgan fingerprint density at radius 3 is 2.63 bits per heavy atom. The average molecular weight is 368 g/mol. The van der Waals surface area contributed by atoms with E-state index in [9.17, 15) is 9.59 Å². The third kappa shape index (κ3) is 4.40. The minimum Gasteiger partial charge on any atom is -0.497 e. The van der Waals surface area contributed by atoms with Gasteiger partial charge in [-0.05, 0) is 29.8 Å². The number of carbonyl (C=O) groups is 2. The van der Waals surface area contributed by atoms with Crippen molar-refractivity contribution in [2.45, 2.75) is 6.54 Å². The average Bonchev–Trinajstić information content (AvgIpc) is 3.10. The summed E-state index contributed by atoms with van der Waals surface area (Å²) in [6, 6.07) is 11.8. The summed E-state index contributed by atoms with van der Waals surface area (Å²) in [7, 11) is 1.59. The van der Waals surface area contributed by atoms with Crippen LogP contribution in [0.2, 0.25) is 0 Å². The van der Waals surface area contributed by atoms with Crippen LogP contribution in [0.4, 0.5) is 10.5 Å². The van der Waals surface area contributed by atoms with E-state index < -0.39 is 11.9 Å². The van der Waals surface area contributed by atoms with Crippen LogP contribution in [-0.4, -0.2) is 33.8 Å². The van der Waals surface area contributed by atoms with Gasteiger partial charge < -0.3 is 21.1 Å². The first kappa shape index (κ1) is 17.9. The first-order valence-corrected chi connectivity index (χ1v) is 8.05. The maximum absolute atomic E-state index is 12.6. The standard InChI is InChI=1S/C18H18N6O3.H2/c1-27-13-7-5-12(6-8-13)10-21-17(25)16-14(22-18(19)26)11-24(23-16)15-4-2-3-9-20-15;/h2-9,11H,10H2,1H3,(H,21,25)(H3,19,22,26);1H. The summed E-state index contributed by atoms with van der Waals surface area (Å²) < 4.78 is 6.50. The number of benzene rings is 1. The van der Waals surface area contributed by atoms with Crippen molar-refractivity contribution in [1.29, 1.82) is 0 Å². The van der Waals surface area contributed by atoms with Crippen LogP contribution >= 0.6 is 0 Å². The first-order valence-electron chi connectivity index (χ1n) is 8.05. The van der Waals surface area contributed by atoms with Crippen LogP contribution in [0.5, 0.6) is 5.75 Å². The lowest BCUT2D eigenvalue weighted by Gasteiger charge is -2.06. The Labute approximate surface area is 156 Å². The molecule has 0 saturated heterocycles. The molecule has 3 rings (SSSR count). The van der Waals surface area contributed by atoms with Gasteiger partial charge in [0.1, 0.15) is 5.75 Å². The van der Waals surface area contributed by atoms with Gasteiger partial charge in [0.2, 0.25) is 0 Å². The molecule has 4 N–H and O–H groups in total. The lowest BCUT2D eigenvalue weighted by atomic mass is 10.2. The van der Waals surface area contributed by atoms with Gasteiger partial charge in [0, 0.05) is 14.2 Å². The molecule has 140 valence electrons. The van der Waals surface area contributed by atoms with Gasteiger partial charge in [-0.25, -0.2) is 14.5 Å². The van der Waals surface area contributed by atoms with Crippen molar-refractivity contribution < 1.29 is 15.8 Å². The fourth-order valence-corrected chi connectivity index (χ4v) is 2.38. The van der Waals surface area contributed by atoms with Gasteiger partial charge in [-0.15, -0.1) is 0 Å². The zero-order chi connectivity index (χ0) is 19.2. The number of amides is 3. The Morgan fingerprint density at radius 2 is 2.00 bits per heavy atom. The van der Waals surface area contributed by atoms with Crippen molar-refractivity contribution in [3.05, 3.63) is 66.1 Å². The van der Waals surface area contributed by atoms with E-state index in [2.05, 4.69) is 20.7 Å². The second kappa shape index (κ2) is 8.00. The minimum absolute atomic E-state index is 0. The van der Waals surface area contributed by atoms with Crippen molar-refractivity contribution in [3.8, 4) is 11.6 Å². The number of urea groups is 1. The second-order valence-electron chi connectivity index (χ2n) is 5.54. The number of carbonyl (C=O) groups excluding carboxylic acids is 2. The van der Waals surface area contributed by atoms with Gasteiger partial charge in [-0.3, -0.25) is 4.79 Å². The molecule has 0 radical (unpaired) electrons. The van der Waals surface area contributed by atoms with Crippen LogP contribution in [0.1, 0.15) is 17.5 Å². The Bertz CT molecular complexity index is 944. The zero-order valence-corrected chi connectivity index (χ0v) is 14.5.